The number of hydrogen-bond donors (Lipinski definition) is 1. The first-order valence-electron chi connectivity index (χ1n) is 6.13. The van der Waals surface area contributed by atoms with Gasteiger partial charge in [0.15, 0.2) is 0 Å². The van der Waals surface area contributed by atoms with Gasteiger partial charge in [-0.25, -0.2) is 0 Å². The third-order valence-electron chi connectivity index (χ3n) is 3.02. The highest BCUT2D eigenvalue weighted by atomic mass is 16.5. The van der Waals surface area contributed by atoms with Crippen LogP contribution in [0.15, 0.2) is 36.7 Å². The average molecular weight is 245 g/mol. The monoisotopic (exact) mass is 245 g/mol. The Morgan fingerprint density at radius 2 is 2.06 bits per heavy atom. The molecule has 0 aliphatic rings. The van der Waals surface area contributed by atoms with Gasteiger partial charge < -0.3 is 10.5 Å². The molecule has 2 aromatic rings. The third kappa shape index (κ3) is 2.90. The van der Waals surface area contributed by atoms with Crippen molar-refractivity contribution in [2.45, 2.75) is 25.9 Å². The highest BCUT2D eigenvalue weighted by molar-refractivity contribution is 5.28. The van der Waals surface area contributed by atoms with Gasteiger partial charge in [0, 0.05) is 24.3 Å². The van der Waals surface area contributed by atoms with E-state index in [1.54, 1.807) is 7.11 Å². The molecule has 18 heavy (non-hydrogen) atoms. The predicted octanol–water partition coefficient (Wildman–Crippen LogP) is 2.15. The lowest BCUT2D eigenvalue weighted by atomic mass is 10.0. The number of nitrogens with two attached hydrogens (primary N) is 1. The molecule has 4 nitrogen and oxygen atoms in total. The van der Waals surface area contributed by atoms with Crippen LogP contribution >= 0.6 is 0 Å². The third-order valence-corrected chi connectivity index (χ3v) is 3.02. The van der Waals surface area contributed by atoms with E-state index in [0.29, 0.717) is 0 Å². The molecule has 4 heteroatoms. The SMILES string of the molecule is CCn1cc(C(N)Cc2ccc(OC)cc2)cn1. The molecule has 0 saturated carbocycles. The van der Waals surface area contributed by atoms with Crippen LogP contribution in [0.5, 0.6) is 5.75 Å². The van der Waals surface area contributed by atoms with Crippen LogP contribution < -0.4 is 10.5 Å². The van der Waals surface area contributed by atoms with Crippen molar-refractivity contribution >= 4 is 0 Å². The molecule has 0 fully saturated rings. The van der Waals surface area contributed by atoms with Gasteiger partial charge in [0.25, 0.3) is 0 Å². The lowest BCUT2D eigenvalue weighted by Crippen LogP contribution is -2.12. The molecule has 0 spiro atoms. The van der Waals surface area contributed by atoms with Crippen molar-refractivity contribution in [3.8, 4) is 5.75 Å². The van der Waals surface area contributed by atoms with Gasteiger partial charge in [0.2, 0.25) is 0 Å². The Morgan fingerprint density at radius 3 is 2.61 bits per heavy atom. The van der Waals surface area contributed by atoms with Gasteiger partial charge in [-0.3, -0.25) is 4.68 Å². The molecular formula is C14H19N3O. The van der Waals surface area contributed by atoms with Gasteiger partial charge in [0.05, 0.1) is 13.3 Å². The number of methoxy groups -OCH3 is 1. The first-order chi connectivity index (χ1) is 8.72. The Hall–Kier alpha value is -1.81. The first-order valence-corrected chi connectivity index (χ1v) is 6.13. The molecule has 1 atom stereocenters. The molecule has 1 aromatic carbocycles. The molecule has 1 unspecified atom stereocenters. The minimum absolute atomic E-state index is 0.0151. The van der Waals surface area contributed by atoms with Crippen LogP contribution in [0.4, 0.5) is 0 Å². The largest absolute Gasteiger partial charge is 0.497 e. The first kappa shape index (κ1) is 12.6. The standard InChI is InChI=1S/C14H19N3O/c1-3-17-10-12(9-16-17)14(15)8-11-4-6-13(18-2)7-5-11/h4-7,9-10,14H,3,8,15H2,1-2H3. The van der Waals surface area contributed by atoms with Crippen molar-refractivity contribution in [2.24, 2.45) is 5.73 Å². The van der Waals surface area contributed by atoms with Crippen LogP contribution in [0.25, 0.3) is 0 Å². The highest BCUT2D eigenvalue weighted by Gasteiger charge is 2.09. The van der Waals surface area contributed by atoms with Gasteiger partial charge >= 0.3 is 0 Å². The Bertz CT molecular complexity index is 490. The number of nitrogens with zero attached hydrogens (tertiary/aromatic N) is 2. The van der Waals surface area contributed by atoms with E-state index in [1.165, 1.54) is 5.56 Å². The topological polar surface area (TPSA) is 53.1 Å². The summed E-state index contributed by atoms with van der Waals surface area (Å²) in [6.45, 7) is 2.93. The van der Waals surface area contributed by atoms with Gasteiger partial charge in [-0.2, -0.15) is 5.10 Å². The Balaban J connectivity index is 2.03. The second kappa shape index (κ2) is 5.69. The number of benzene rings is 1. The summed E-state index contributed by atoms with van der Waals surface area (Å²) in [7, 11) is 1.67. The molecule has 0 saturated heterocycles. The van der Waals surface area contributed by atoms with Gasteiger partial charge in [-0.15, -0.1) is 0 Å². The summed E-state index contributed by atoms with van der Waals surface area (Å²) < 4.78 is 7.02. The van der Waals surface area contributed by atoms with Crippen LogP contribution in [-0.2, 0) is 13.0 Å². The molecular weight excluding hydrogens is 226 g/mol. The maximum absolute atomic E-state index is 6.18. The molecule has 2 rings (SSSR count). The van der Waals surface area contributed by atoms with Crippen molar-refractivity contribution in [2.75, 3.05) is 7.11 Å². The second-order valence-corrected chi connectivity index (χ2v) is 4.29. The number of rotatable bonds is 5. The molecule has 96 valence electrons. The highest BCUT2D eigenvalue weighted by Crippen LogP contribution is 2.18. The molecule has 2 N–H and O–H groups in total. The summed E-state index contributed by atoms with van der Waals surface area (Å²) in [5, 5.41) is 4.24. The normalized spacial score (nSPS) is 12.4. The summed E-state index contributed by atoms with van der Waals surface area (Å²) in [5.74, 6) is 0.867. The van der Waals surface area contributed by atoms with Crippen LogP contribution in [0.2, 0.25) is 0 Å². The fraction of sp³-hybridized carbons (Fsp3) is 0.357. The minimum Gasteiger partial charge on any atom is -0.497 e. The van der Waals surface area contributed by atoms with E-state index >= 15 is 0 Å². The van der Waals surface area contributed by atoms with E-state index in [9.17, 15) is 0 Å². The quantitative estimate of drug-likeness (QED) is 0.878. The molecule has 0 bridgehead atoms. The predicted molar refractivity (Wildman–Crippen MR) is 71.5 cm³/mol. The van der Waals surface area contributed by atoms with E-state index in [1.807, 2.05) is 41.3 Å². The van der Waals surface area contributed by atoms with Gasteiger partial charge in [-0.05, 0) is 31.0 Å². The van der Waals surface area contributed by atoms with Gasteiger partial charge in [-0.1, -0.05) is 12.1 Å². The minimum atomic E-state index is -0.0151. The lowest BCUT2D eigenvalue weighted by Gasteiger charge is -2.10. The van der Waals surface area contributed by atoms with Crippen LogP contribution in [-0.4, -0.2) is 16.9 Å². The maximum atomic E-state index is 6.18. The number of ether oxygens (including phenoxy) is 1. The van der Waals surface area contributed by atoms with Crippen molar-refractivity contribution in [3.05, 3.63) is 47.8 Å². The molecule has 0 aliphatic heterocycles. The fourth-order valence-corrected chi connectivity index (χ4v) is 1.88. The summed E-state index contributed by atoms with van der Waals surface area (Å²) in [6, 6.07) is 7.99. The zero-order chi connectivity index (χ0) is 13.0. The van der Waals surface area contributed by atoms with E-state index < -0.39 is 0 Å². The van der Waals surface area contributed by atoms with E-state index in [2.05, 4.69) is 12.0 Å². The zero-order valence-electron chi connectivity index (χ0n) is 10.8. The second-order valence-electron chi connectivity index (χ2n) is 4.29. The number of aryl methyl sites for hydroxylation is 1. The van der Waals surface area contributed by atoms with Crippen LogP contribution in [0.1, 0.15) is 24.1 Å². The lowest BCUT2D eigenvalue weighted by molar-refractivity contribution is 0.414. The van der Waals surface area contributed by atoms with E-state index in [0.717, 1.165) is 24.3 Å². The fourth-order valence-electron chi connectivity index (χ4n) is 1.88. The molecule has 0 amide bonds. The summed E-state index contributed by atoms with van der Waals surface area (Å²) in [5.41, 5.74) is 8.46. The number of hydrogen-bond acceptors (Lipinski definition) is 3. The molecule has 1 aromatic heterocycles. The average Bonchev–Trinajstić information content (AvgIpc) is 2.88. The zero-order valence-corrected chi connectivity index (χ0v) is 10.8. The smallest absolute Gasteiger partial charge is 0.118 e. The molecule has 1 heterocycles. The maximum Gasteiger partial charge on any atom is 0.118 e. The molecule has 0 aliphatic carbocycles. The summed E-state index contributed by atoms with van der Waals surface area (Å²) in [6.07, 6.45) is 4.66. The summed E-state index contributed by atoms with van der Waals surface area (Å²) in [4.78, 5) is 0. The van der Waals surface area contributed by atoms with Crippen molar-refractivity contribution in [3.63, 3.8) is 0 Å². The van der Waals surface area contributed by atoms with Crippen molar-refractivity contribution < 1.29 is 4.74 Å². The van der Waals surface area contributed by atoms with Crippen molar-refractivity contribution in [1.82, 2.24) is 9.78 Å². The van der Waals surface area contributed by atoms with Crippen LogP contribution in [0.3, 0.4) is 0 Å². The van der Waals surface area contributed by atoms with E-state index in [-0.39, 0.29) is 6.04 Å². The Kier molecular flexibility index (Phi) is 3.99. The Labute approximate surface area is 107 Å². The summed E-state index contributed by atoms with van der Waals surface area (Å²) >= 11 is 0. The van der Waals surface area contributed by atoms with Gasteiger partial charge in [0.1, 0.15) is 5.75 Å². The van der Waals surface area contributed by atoms with E-state index in [4.69, 9.17) is 10.5 Å². The van der Waals surface area contributed by atoms with Crippen LogP contribution in [0, 0.1) is 0 Å². The van der Waals surface area contributed by atoms with Crippen molar-refractivity contribution in [1.29, 1.82) is 0 Å². The number of aromatic nitrogens is 2. The molecule has 0 radical (unpaired) electrons. The Morgan fingerprint density at radius 1 is 1.33 bits per heavy atom.